The number of para-hydroxylation sites is 1. The largest absolute Gasteiger partial charge is 0.487 e. The molecular weight excluding hydrogens is 334 g/mol. The molecule has 1 atom stereocenters. The maximum atomic E-state index is 12.1. The highest BCUT2D eigenvalue weighted by atomic mass is 35.5. The predicted molar refractivity (Wildman–Crippen MR) is 91.4 cm³/mol. The first-order valence-electron chi connectivity index (χ1n) is 7.57. The molecule has 0 bridgehead atoms. The van der Waals surface area contributed by atoms with Gasteiger partial charge in [-0.1, -0.05) is 23.7 Å². The Bertz CT molecular complexity index is 667. The number of benzene rings is 1. The van der Waals surface area contributed by atoms with Crippen LogP contribution in [0.2, 0.25) is 5.02 Å². The van der Waals surface area contributed by atoms with Crippen molar-refractivity contribution >= 4 is 28.8 Å². The smallest absolute Gasteiger partial charge is 0.261 e. The average Bonchev–Trinajstić information content (AvgIpc) is 3.23. The second-order valence-corrected chi connectivity index (χ2v) is 6.70. The maximum Gasteiger partial charge on any atom is 0.261 e. The van der Waals surface area contributed by atoms with Crippen LogP contribution in [0.4, 0.5) is 0 Å². The quantitative estimate of drug-likeness (QED) is 0.858. The van der Waals surface area contributed by atoms with Crippen LogP contribution in [0.5, 0.6) is 5.75 Å². The average molecular weight is 352 g/mol. The molecule has 2 aromatic rings. The third-order valence-electron chi connectivity index (χ3n) is 3.62. The van der Waals surface area contributed by atoms with Crippen molar-refractivity contribution in [3.63, 3.8) is 0 Å². The van der Waals surface area contributed by atoms with E-state index in [1.165, 1.54) is 11.3 Å². The van der Waals surface area contributed by atoms with Crippen molar-refractivity contribution in [3.8, 4) is 5.75 Å². The zero-order valence-electron chi connectivity index (χ0n) is 12.6. The summed E-state index contributed by atoms with van der Waals surface area (Å²) in [6.07, 6.45) is 2.24. The number of ether oxygens (including phenoxy) is 2. The molecule has 1 aliphatic rings. The molecular formula is C17H18ClNO3S. The van der Waals surface area contributed by atoms with Gasteiger partial charge in [0.1, 0.15) is 12.4 Å². The minimum atomic E-state index is -0.0607. The van der Waals surface area contributed by atoms with Crippen molar-refractivity contribution in [2.75, 3.05) is 13.2 Å². The van der Waals surface area contributed by atoms with E-state index in [-0.39, 0.29) is 12.0 Å². The molecule has 1 unspecified atom stereocenters. The lowest BCUT2D eigenvalue weighted by Crippen LogP contribution is -2.31. The molecule has 0 radical (unpaired) electrons. The van der Waals surface area contributed by atoms with Gasteiger partial charge in [-0.15, -0.1) is 11.3 Å². The molecule has 3 rings (SSSR count). The van der Waals surface area contributed by atoms with Gasteiger partial charge in [-0.25, -0.2) is 0 Å². The van der Waals surface area contributed by atoms with E-state index in [0.29, 0.717) is 28.8 Å². The Labute approximate surface area is 144 Å². The first-order valence-corrected chi connectivity index (χ1v) is 8.82. The lowest BCUT2D eigenvalue weighted by atomic mass is 10.2. The zero-order valence-corrected chi connectivity index (χ0v) is 14.2. The highest BCUT2D eigenvalue weighted by molar-refractivity contribution is 7.12. The predicted octanol–water partition coefficient (Wildman–Crippen LogP) is 3.89. The number of nitrogens with one attached hydrogen (secondary N) is 1. The van der Waals surface area contributed by atoms with Gasteiger partial charge < -0.3 is 14.8 Å². The van der Waals surface area contributed by atoms with E-state index in [1.807, 2.05) is 29.6 Å². The Hall–Kier alpha value is -1.56. The van der Waals surface area contributed by atoms with E-state index in [1.54, 1.807) is 6.07 Å². The van der Waals surface area contributed by atoms with Crippen LogP contribution in [0.15, 0.2) is 35.7 Å². The minimum absolute atomic E-state index is 0.0607. The summed E-state index contributed by atoms with van der Waals surface area (Å²) in [6.45, 7) is 1.75. The molecule has 0 aliphatic carbocycles. The topological polar surface area (TPSA) is 47.6 Å². The fraction of sp³-hybridized carbons (Fsp3) is 0.353. The van der Waals surface area contributed by atoms with E-state index in [0.717, 1.165) is 25.0 Å². The van der Waals surface area contributed by atoms with E-state index < -0.39 is 0 Å². The molecule has 6 heteroatoms. The summed E-state index contributed by atoms with van der Waals surface area (Å²) in [5.74, 6) is 0.583. The number of carbonyl (C=O) groups is 1. The van der Waals surface area contributed by atoms with E-state index >= 15 is 0 Å². The number of hydrogen-bond acceptors (Lipinski definition) is 4. The fourth-order valence-electron chi connectivity index (χ4n) is 2.39. The van der Waals surface area contributed by atoms with Crippen molar-refractivity contribution in [1.29, 1.82) is 0 Å². The zero-order chi connectivity index (χ0) is 16.1. The molecule has 1 amide bonds. The van der Waals surface area contributed by atoms with Crippen molar-refractivity contribution in [1.82, 2.24) is 5.32 Å². The Morgan fingerprint density at radius 1 is 1.43 bits per heavy atom. The lowest BCUT2D eigenvalue weighted by molar-refractivity contribution is 0.0861. The van der Waals surface area contributed by atoms with E-state index in [9.17, 15) is 4.79 Å². The molecule has 122 valence electrons. The Kier molecular flexibility index (Phi) is 5.54. The summed E-state index contributed by atoms with van der Waals surface area (Å²) in [5.41, 5.74) is 0.956. The first-order chi connectivity index (χ1) is 11.2. The molecule has 1 saturated heterocycles. The van der Waals surface area contributed by atoms with Gasteiger partial charge in [-0.2, -0.15) is 0 Å². The number of carbonyl (C=O) groups excluding carboxylic acids is 1. The summed E-state index contributed by atoms with van der Waals surface area (Å²) in [5, 5.41) is 5.43. The van der Waals surface area contributed by atoms with Gasteiger partial charge in [0, 0.05) is 18.7 Å². The normalized spacial score (nSPS) is 17.2. The van der Waals surface area contributed by atoms with Gasteiger partial charge in [0.05, 0.1) is 16.0 Å². The van der Waals surface area contributed by atoms with Gasteiger partial charge in [-0.3, -0.25) is 4.79 Å². The Morgan fingerprint density at radius 2 is 2.30 bits per heavy atom. The molecule has 0 spiro atoms. The molecule has 1 fully saturated rings. The minimum Gasteiger partial charge on any atom is -0.487 e. The third kappa shape index (κ3) is 4.47. The number of hydrogen-bond donors (Lipinski definition) is 1. The lowest BCUT2D eigenvalue weighted by Gasteiger charge is -2.09. The molecule has 1 N–H and O–H groups in total. The number of rotatable bonds is 6. The highest BCUT2D eigenvalue weighted by Crippen LogP contribution is 2.25. The molecule has 2 heterocycles. The third-order valence-corrected chi connectivity index (χ3v) is 4.91. The SMILES string of the molecule is O=C(NCC1CCCO1)c1cc(COc2ccccc2Cl)cs1. The molecule has 1 aliphatic heterocycles. The molecule has 1 aromatic carbocycles. The second kappa shape index (κ2) is 7.81. The van der Waals surface area contributed by atoms with Crippen molar-refractivity contribution < 1.29 is 14.3 Å². The van der Waals surface area contributed by atoms with Gasteiger partial charge in [0.25, 0.3) is 5.91 Å². The van der Waals surface area contributed by atoms with Gasteiger partial charge in [-0.05, 0) is 36.4 Å². The van der Waals surface area contributed by atoms with Crippen molar-refractivity contribution in [2.24, 2.45) is 0 Å². The Morgan fingerprint density at radius 3 is 3.09 bits per heavy atom. The summed E-state index contributed by atoms with van der Waals surface area (Å²) in [4.78, 5) is 12.8. The van der Waals surface area contributed by atoms with Crippen LogP contribution in [0.1, 0.15) is 28.1 Å². The maximum absolute atomic E-state index is 12.1. The number of halogens is 1. The highest BCUT2D eigenvalue weighted by Gasteiger charge is 2.17. The summed E-state index contributed by atoms with van der Waals surface area (Å²) < 4.78 is 11.2. The monoisotopic (exact) mass is 351 g/mol. The van der Waals surface area contributed by atoms with Crippen molar-refractivity contribution in [3.05, 3.63) is 51.2 Å². The van der Waals surface area contributed by atoms with Crippen LogP contribution in [-0.4, -0.2) is 25.2 Å². The van der Waals surface area contributed by atoms with Crippen LogP contribution < -0.4 is 10.1 Å². The van der Waals surface area contributed by atoms with Crippen LogP contribution in [-0.2, 0) is 11.3 Å². The molecule has 4 nitrogen and oxygen atoms in total. The molecule has 1 aromatic heterocycles. The standard InChI is InChI=1S/C17H18ClNO3S/c18-14-5-1-2-6-15(14)22-10-12-8-16(23-11-12)17(20)19-9-13-4-3-7-21-13/h1-2,5-6,8,11,13H,3-4,7,9-10H2,(H,19,20). The summed E-state index contributed by atoms with van der Waals surface area (Å²) >= 11 is 7.46. The van der Waals surface area contributed by atoms with Crippen LogP contribution in [0.25, 0.3) is 0 Å². The van der Waals surface area contributed by atoms with Crippen LogP contribution in [0.3, 0.4) is 0 Å². The fourth-order valence-corrected chi connectivity index (χ4v) is 3.40. The molecule has 23 heavy (non-hydrogen) atoms. The van der Waals surface area contributed by atoms with E-state index in [4.69, 9.17) is 21.1 Å². The number of amides is 1. The van der Waals surface area contributed by atoms with Crippen LogP contribution in [0, 0.1) is 0 Å². The first kappa shape index (κ1) is 16.3. The summed E-state index contributed by atoms with van der Waals surface area (Å²) in [7, 11) is 0. The van der Waals surface area contributed by atoms with Crippen LogP contribution >= 0.6 is 22.9 Å². The molecule has 0 saturated carbocycles. The second-order valence-electron chi connectivity index (χ2n) is 5.38. The summed E-state index contributed by atoms with van der Waals surface area (Å²) in [6, 6.07) is 9.19. The Balaban J connectivity index is 1.51. The van der Waals surface area contributed by atoms with Crippen molar-refractivity contribution in [2.45, 2.75) is 25.6 Å². The van der Waals surface area contributed by atoms with E-state index in [2.05, 4.69) is 5.32 Å². The van der Waals surface area contributed by atoms with Gasteiger partial charge >= 0.3 is 0 Å². The number of thiophene rings is 1. The van der Waals surface area contributed by atoms with Gasteiger partial charge in [0.15, 0.2) is 0 Å². The van der Waals surface area contributed by atoms with Gasteiger partial charge in [0.2, 0.25) is 0 Å².